The molecule has 3 aromatic rings. The molecule has 0 saturated heterocycles. The van der Waals surface area contributed by atoms with E-state index in [-0.39, 0.29) is 0 Å². The molecule has 0 aliphatic carbocycles. The lowest BCUT2D eigenvalue weighted by Gasteiger charge is -1.99. The summed E-state index contributed by atoms with van der Waals surface area (Å²) in [6, 6.07) is 17.2. The molecule has 0 radical (unpaired) electrons. The summed E-state index contributed by atoms with van der Waals surface area (Å²) in [7, 11) is 1.63. The molecule has 5 nitrogen and oxygen atoms in total. The van der Waals surface area contributed by atoms with E-state index in [9.17, 15) is 0 Å². The van der Waals surface area contributed by atoms with Crippen LogP contribution >= 0.6 is 11.3 Å². The van der Waals surface area contributed by atoms with Gasteiger partial charge in [0.25, 0.3) is 0 Å². The molecule has 0 atom stereocenters. The zero-order chi connectivity index (χ0) is 15.4. The fraction of sp³-hybridized carbons (Fsp3) is 0.0625. The summed E-state index contributed by atoms with van der Waals surface area (Å²) in [6.45, 7) is 0. The zero-order valence-corrected chi connectivity index (χ0v) is 12.7. The van der Waals surface area contributed by atoms with E-state index >= 15 is 0 Å². The quantitative estimate of drug-likeness (QED) is 0.702. The number of ether oxygens (including phenoxy) is 1. The maximum atomic E-state index is 5.81. The van der Waals surface area contributed by atoms with Gasteiger partial charge in [0.2, 0.25) is 0 Å². The fourth-order valence-corrected chi connectivity index (χ4v) is 2.61. The van der Waals surface area contributed by atoms with Gasteiger partial charge in [0.1, 0.15) is 11.4 Å². The molecule has 110 valence electrons. The number of nitrogens with zero attached hydrogens (tertiary/aromatic N) is 3. The highest BCUT2D eigenvalue weighted by molar-refractivity contribution is 7.19. The molecule has 1 aromatic heterocycles. The molecule has 6 heteroatoms. The monoisotopic (exact) mass is 310 g/mol. The lowest BCUT2D eigenvalue weighted by Crippen LogP contribution is -1.82. The minimum Gasteiger partial charge on any atom is -0.497 e. The number of hydrogen-bond donors (Lipinski definition) is 1. The summed E-state index contributed by atoms with van der Waals surface area (Å²) >= 11 is 1.32. The molecule has 0 saturated carbocycles. The van der Waals surface area contributed by atoms with Gasteiger partial charge in [0.15, 0.2) is 10.1 Å². The molecule has 3 rings (SSSR count). The van der Waals surface area contributed by atoms with Gasteiger partial charge >= 0.3 is 0 Å². The maximum absolute atomic E-state index is 5.81. The fourth-order valence-electron chi connectivity index (χ4n) is 1.93. The van der Waals surface area contributed by atoms with Crippen molar-refractivity contribution < 1.29 is 4.74 Å². The van der Waals surface area contributed by atoms with Crippen LogP contribution in [0.2, 0.25) is 0 Å². The van der Waals surface area contributed by atoms with E-state index in [0.717, 1.165) is 22.7 Å². The Kier molecular flexibility index (Phi) is 4.11. The number of hydrogen-bond acceptors (Lipinski definition) is 6. The Morgan fingerprint density at radius 3 is 2.41 bits per heavy atom. The summed E-state index contributed by atoms with van der Waals surface area (Å²) in [4.78, 5) is 4.34. The third-order valence-electron chi connectivity index (χ3n) is 3.00. The first kappa shape index (κ1) is 14.2. The topological polar surface area (TPSA) is 72.9 Å². The smallest absolute Gasteiger partial charge is 0.182 e. The Morgan fingerprint density at radius 2 is 1.73 bits per heavy atom. The van der Waals surface area contributed by atoms with Crippen LogP contribution in [0.5, 0.6) is 5.75 Å². The van der Waals surface area contributed by atoms with Crippen molar-refractivity contribution in [3.63, 3.8) is 0 Å². The number of benzene rings is 2. The highest BCUT2D eigenvalue weighted by atomic mass is 32.1. The predicted molar refractivity (Wildman–Crippen MR) is 89.1 cm³/mol. The maximum Gasteiger partial charge on any atom is 0.182 e. The van der Waals surface area contributed by atoms with Gasteiger partial charge in [-0.05, 0) is 24.3 Å². The molecule has 0 unspecified atom stereocenters. The Morgan fingerprint density at radius 1 is 1.00 bits per heavy atom. The Bertz CT molecular complexity index is 782. The molecular weight excluding hydrogens is 296 g/mol. The second-order valence-corrected chi connectivity index (χ2v) is 5.48. The lowest BCUT2D eigenvalue weighted by molar-refractivity contribution is 0.415. The first-order chi connectivity index (χ1) is 10.8. The van der Waals surface area contributed by atoms with Gasteiger partial charge in [-0.2, -0.15) is 0 Å². The van der Waals surface area contributed by atoms with Gasteiger partial charge in [-0.15, -0.1) is 10.2 Å². The van der Waals surface area contributed by atoms with Crippen molar-refractivity contribution in [3.8, 4) is 17.0 Å². The van der Waals surface area contributed by atoms with Crippen LogP contribution in [0.3, 0.4) is 0 Å². The summed E-state index contributed by atoms with van der Waals surface area (Å²) in [5.41, 5.74) is 8.28. The van der Waals surface area contributed by atoms with E-state index in [1.165, 1.54) is 11.3 Å². The highest BCUT2D eigenvalue weighted by Crippen LogP contribution is 2.37. The van der Waals surface area contributed by atoms with Gasteiger partial charge in [0, 0.05) is 5.56 Å². The minimum absolute atomic E-state index is 0.475. The number of azo groups is 1. The van der Waals surface area contributed by atoms with Crippen LogP contribution in [0.4, 0.5) is 15.8 Å². The molecule has 0 spiro atoms. The summed E-state index contributed by atoms with van der Waals surface area (Å²) in [6.07, 6.45) is 0. The summed E-state index contributed by atoms with van der Waals surface area (Å²) in [5.74, 6) is 0.783. The van der Waals surface area contributed by atoms with Crippen LogP contribution in [0.25, 0.3) is 11.3 Å². The molecule has 0 bridgehead atoms. The molecular formula is C16H14N4OS. The number of thiazole rings is 1. The van der Waals surface area contributed by atoms with E-state index in [4.69, 9.17) is 10.5 Å². The second-order valence-electron chi connectivity index (χ2n) is 4.47. The largest absolute Gasteiger partial charge is 0.497 e. The van der Waals surface area contributed by atoms with Crippen LogP contribution in [0.1, 0.15) is 0 Å². The zero-order valence-electron chi connectivity index (χ0n) is 11.9. The molecule has 2 aromatic carbocycles. The molecule has 2 N–H and O–H groups in total. The van der Waals surface area contributed by atoms with Crippen molar-refractivity contribution in [2.45, 2.75) is 0 Å². The van der Waals surface area contributed by atoms with Gasteiger partial charge in [-0.1, -0.05) is 41.7 Å². The minimum atomic E-state index is 0.475. The van der Waals surface area contributed by atoms with E-state index in [2.05, 4.69) is 15.2 Å². The van der Waals surface area contributed by atoms with Crippen molar-refractivity contribution in [3.05, 3.63) is 54.6 Å². The third-order valence-corrected chi connectivity index (χ3v) is 3.77. The molecule has 0 fully saturated rings. The SMILES string of the molecule is COc1ccc(N=Nc2sc(N)nc2-c2ccccc2)cc1. The lowest BCUT2D eigenvalue weighted by atomic mass is 10.2. The van der Waals surface area contributed by atoms with Crippen molar-refractivity contribution >= 4 is 27.2 Å². The van der Waals surface area contributed by atoms with Crippen molar-refractivity contribution in [1.82, 2.24) is 4.98 Å². The third kappa shape index (κ3) is 3.12. The number of methoxy groups -OCH3 is 1. The van der Waals surface area contributed by atoms with Crippen LogP contribution in [0.15, 0.2) is 64.8 Å². The Hall–Kier alpha value is -2.73. The summed E-state index contributed by atoms with van der Waals surface area (Å²) < 4.78 is 5.12. The van der Waals surface area contributed by atoms with Gasteiger partial charge in [-0.25, -0.2) is 4.98 Å². The van der Waals surface area contributed by atoms with Gasteiger partial charge in [0.05, 0.1) is 12.8 Å². The summed E-state index contributed by atoms with van der Waals surface area (Å²) in [5, 5.41) is 9.69. The average Bonchev–Trinajstić information content (AvgIpc) is 2.95. The van der Waals surface area contributed by atoms with Crippen molar-refractivity contribution in [2.75, 3.05) is 12.8 Å². The molecule has 0 amide bonds. The standard InChI is InChI=1S/C16H14N4OS/c1-21-13-9-7-12(8-10-13)19-20-15-14(18-16(17)22-15)11-5-3-2-4-6-11/h2-10H,1H3,(H2,17,18). The van der Waals surface area contributed by atoms with Crippen LogP contribution in [-0.2, 0) is 0 Å². The number of aromatic nitrogens is 1. The van der Waals surface area contributed by atoms with E-state index in [1.807, 2.05) is 54.6 Å². The molecule has 0 aliphatic rings. The highest BCUT2D eigenvalue weighted by Gasteiger charge is 2.11. The first-order valence-electron chi connectivity index (χ1n) is 6.64. The normalized spacial score (nSPS) is 11.0. The Balaban J connectivity index is 1.90. The number of rotatable bonds is 4. The van der Waals surface area contributed by atoms with Crippen LogP contribution in [-0.4, -0.2) is 12.1 Å². The second kappa shape index (κ2) is 6.36. The number of nitrogen functional groups attached to an aromatic ring is 1. The van der Waals surface area contributed by atoms with E-state index in [0.29, 0.717) is 10.1 Å². The molecule has 0 aliphatic heterocycles. The number of nitrogens with two attached hydrogens (primary N) is 1. The van der Waals surface area contributed by atoms with Crippen molar-refractivity contribution in [2.24, 2.45) is 10.2 Å². The Labute approximate surface area is 132 Å². The predicted octanol–water partition coefficient (Wildman–Crippen LogP) is 4.82. The average molecular weight is 310 g/mol. The van der Waals surface area contributed by atoms with E-state index < -0.39 is 0 Å². The van der Waals surface area contributed by atoms with Crippen molar-refractivity contribution in [1.29, 1.82) is 0 Å². The molecule has 1 heterocycles. The first-order valence-corrected chi connectivity index (χ1v) is 7.45. The number of anilines is 1. The molecule has 22 heavy (non-hydrogen) atoms. The van der Waals surface area contributed by atoms with E-state index in [1.54, 1.807) is 7.11 Å². The van der Waals surface area contributed by atoms with Crippen LogP contribution < -0.4 is 10.5 Å². The van der Waals surface area contributed by atoms with Gasteiger partial charge < -0.3 is 10.5 Å². The van der Waals surface area contributed by atoms with Crippen LogP contribution in [0, 0.1) is 0 Å². The van der Waals surface area contributed by atoms with Gasteiger partial charge in [-0.3, -0.25) is 0 Å².